The summed E-state index contributed by atoms with van der Waals surface area (Å²) in [5.41, 5.74) is 10.0. The second-order valence-electron chi connectivity index (χ2n) is 4.24. The van der Waals surface area contributed by atoms with Gasteiger partial charge in [0.25, 0.3) is 0 Å². The topological polar surface area (TPSA) is 42.1 Å². The smallest absolute Gasteiger partial charge is 0.190 e. The van der Waals surface area contributed by atoms with Crippen molar-refractivity contribution in [3.05, 3.63) is 34.3 Å². The van der Waals surface area contributed by atoms with Crippen LogP contribution in [0.1, 0.15) is 16.1 Å². The van der Waals surface area contributed by atoms with Gasteiger partial charge in [-0.2, -0.15) is 0 Å². The first-order valence-corrected chi connectivity index (χ1v) is 6.34. The van der Waals surface area contributed by atoms with Crippen LogP contribution in [0.5, 0.6) is 0 Å². The van der Waals surface area contributed by atoms with Crippen LogP contribution in [0.4, 0.5) is 16.5 Å². The molecule has 2 rings (SSSR count). The molecule has 0 unspecified atom stereocenters. The van der Waals surface area contributed by atoms with Crippen LogP contribution in [0.15, 0.2) is 18.2 Å². The van der Waals surface area contributed by atoms with Crippen molar-refractivity contribution in [3.63, 3.8) is 0 Å². The Morgan fingerprint density at radius 3 is 2.53 bits per heavy atom. The Balaban J connectivity index is 2.42. The summed E-state index contributed by atoms with van der Waals surface area (Å²) in [6.07, 6.45) is 0. The third-order valence-electron chi connectivity index (χ3n) is 2.90. The van der Waals surface area contributed by atoms with Gasteiger partial charge in [-0.25, -0.2) is 4.98 Å². The van der Waals surface area contributed by atoms with E-state index in [0.717, 1.165) is 22.2 Å². The molecule has 1 aromatic heterocycles. The fourth-order valence-electron chi connectivity index (χ4n) is 1.69. The van der Waals surface area contributed by atoms with Gasteiger partial charge in [-0.3, -0.25) is 0 Å². The molecule has 0 amide bonds. The number of nitrogens with zero attached hydrogens (tertiary/aromatic N) is 2. The maximum atomic E-state index is 5.83. The Hall–Kier alpha value is -1.55. The molecule has 0 fully saturated rings. The third kappa shape index (κ3) is 2.26. The van der Waals surface area contributed by atoms with Crippen molar-refractivity contribution in [1.82, 2.24) is 4.98 Å². The Morgan fingerprint density at radius 2 is 1.94 bits per heavy atom. The van der Waals surface area contributed by atoms with Gasteiger partial charge < -0.3 is 10.6 Å². The normalized spacial score (nSPS) is 10.6. The predicted octanol–water partition coefficient (Wildman–Crippen LogP) is 3.42. The highest BCUT2D eigenvalue weighted by Crippen LogP contribution is 2.32. The van der Waals surface area contributed by atoms with Crippen molar-refractivity contribution in [2.24, 2.45) is 0 Å². The van der Waals surface area contributed by atoms with Crippen LogP contribution in [0.25, 0.3) is 0 Å². The highest BCUT2D eigenvalue weighted by atomic mass is 32.1. The zero-order valence-corrected chi connectivity index (χ0v) is 11.4. The van der Waals surface area contributed by atoms with Crippen molar-refractivity contribution < 1.29 is 0 Å². The molecule has 0 atom stereocenters. The third-order valence-corrected chi connectivity index (χ3v) is 4.05. The lowest BCUT2D eigenvalue weighted by molar-refractivity contribution is 1.12. The summed E-state index contributed by atoms with van der Waals surface area (Å²) in [4.78, 5) is 7.91. The molecule has 0 spiro atoms. The standard InChI is InChI=1S/C13H17N3S/c1-8-5-6-11(14)7-12(8)16(4)13-15-9(2)10(3)17-13/h5-7H,14H2,1-4H3. The summed E-state index contributed by atoms with van der Waals surface area (Å²) < 4.78 is 0. The number of thiazole rings is 1. The molecule has 1 aromatic carbocycles. The van der Waals surface area contributed by atoms with E-state index in [-0.39, 0.29) is 0 Å². The van der Waals surface area contributed by atoms with Gasteiger partial charge in [-0.15, -0.1) is 11.3 Å². The molecule has 17 heavy (non-hydrogen) atoms. The van der Waals surface area contributed by atoms with Gasteiger partial charge in [-0.05, 0) is 38.5 Å². The van der Waals surface area contributed by atoms with Gasteiger partial charge in [0.05, 0.1) is 5.69 Å². The quantitative estimate of drug-likeness (QED) is 0.827. The van der Waals surface area contributed by atoms with Crippen molar-refractivity contribution >= 4 is 27.8 Å². The average Bonchev–Trinajstić information content (AvgIpc) is 2.62. The number of rotatable bonds is 2. The lowest BCUT2D eigenvalue weighted by atomic mass is 10.1. The fraction of sp³-hybridized carbons (Fsp3) is 0.308. The molecular weight excluding hydrogens is 230 g/mol. The Labute approximate surface area is 106 Å². The van der Waals surface area contributed by atoms with E-state index in [9.17, 15) is 0 Å². The molecule has 4 heteroatoms. The van der Waals surface area contributed by atoms with Crippen LogP contribution in [-0.4, -0.2) is 12.0 Å². The predicted molar refractivity (Wildman–Crippen MR) is 75.2 cm³/mol. The molecule has 0 bridgehead atoms. The van der Waals surface area contributed by atoms with E-state index in [2.05, 4.69) is 23.7 Å². The minimum absolute atomic E-state index is 0.780. The molecule has 0 radical (unpaired) electrons. The zero-order valence-electron chi connectivity index (χ0n) is 10.6. The first kappa shape index (κ1) is 11.9. The van der Waals surface area contributed by atoms with Crippen LogP contribution in [0.2, 0.25) is 0 Å². The SMILES string of the molecule is Cc1ccc(N)cc1N(C)c1nc(C)c(C)s1. The summed E-state index contributed by atoms with van der Waals surface area (Å²) in [7, 11) is 2.03. The number of aryl methyl sites for hydroxylation is 3. The lowest BCUT2D eigenvalue weighted by Crippen LogP contribution is -2.11. The van der Waals surface area contributed by atoms with Crippen molar-refractivity contribution in [2.75, 3.05) is 17.7 Å². The van der Waals surface area contributed by atoms with Crippen LogP contribution in [0, 0.1) is 20.8 Å². The van der Waals surface area contributed by atoms with Gasteiger partial charge in [-0.1, -0.05) is 6.07 Å². The van der Waals surface area contributed by atoms with Crippen molar-refractivity contribution in [3.8, 4) is 0 Å². The summed E-state index contributed by atoms with van der Waals surface area (Å²) >= 11 is 1.71. The van der Waals surface area contributed by atoms with Gasteiger partial charge in [0.2, 0.25) is 0 Å². The molecule has 1 heterocycles. The second-order valence-corrected chi connectivity index (χ2v) is 5.42. The van der Waals surface area contributed by atoms with E-state index in [1.165, 1.54) is 10.4 Å². The maximum absolute atomic E-state index is 5.83. The number of aromatic nitrogens is 1. The number of hydrogen-bond donors (Lipinski definition) is 1. The van der Waals surface area contributed by atoms with Gasteiger partial charge in [0, 0.05) is 23.3 Å². The molecule has 2 N–H and O–H groups in total. The van der Waals surface area contributed by atoms with E-state index in [1.807, 2.05) is 32.2 Å². The lowest BCUT2D eigenvalue weighted by Gasteiger charge is -2.18. The molecule has 0 saturated carbocycles. The number of anilines is 3. The largest absolute Gasteiger partial charge is 0.399 e. The minimum Gasteiger partial charge on any atom is -0.399 e. The number of nitrogens with two attached hydrogens (primary N) is 1. The summed E-state index contributed by atoms with van der Waals surface area (Å²) in [6, 6.07) is 5.95. The maximum Gasteiger partial charge on any atom is 0.190 e. The average molecular weight is 247 g/mol. The summed E-state index contributed by atoms with van der Waals surface area (Å²) in [5.74, 6) is 0. The zero-order chi connectivity index (χ0) is 12.6. The molecule has 0 aliphatic rings. The second kappa shape index (κ2) is 4.37. The Kier molecular flexibility index (Phi) is 3.07. The first-order chi connectivity index (χ1) is 7.99. The molecular formula is C13H17N3S. The molecule has 90 valence electrons. The van der Waals surface area contributed by atoms with Crippen LogP contribution >= 0.6 is 11.3 Å². The van der Waals surface area contributed by atoms with Crippen molar-refractivity contribution in [1.29, 1.82) is 0 Å². The van der Waals surface area contributed by atoms with E-state index < -0.39 is 0 Å². The van der Waals surface area contributed by atoms with E-state index in [0.29, 0.717) is 0 Å². The molecule has 0 aliphatic heterocycles. The Bertz CT molecular complexity index is 526. The summed E-state index contributed by atoms with van der Waals surface area (Å²) in [6.45, 7) is 6.21. The number of nitrogen functional groups attached to an aromatic ring is 1. The van der Waals surface area contributed by atoms with E-state index in [4.69, 9.17) is 5.73 Å². The van der Waals surface area contributed by atoms with Crippen LogP contribution < -0.4 is 10.6 Å². The van der Waals surface area contributed by atoms with Crippen LogP contribution in [0.3, 0.4) is 0 Å². The van der Waals surface area contributed by atoms with Gasteiger partial charge in [0.15, 0.2) is 5.13 Å². The van der Waals surface area contributed by atoms with Crippen molar-refractivity contribution in [2.45, 2.75) is 20.8 Å². The fourth-order valence-corrected chi connectivity index (χ4v) is 2.58. The highest BCUT2D eigenvalue weighted by Gasteiger charge is 2.12. The molecule has 0 aliphatic carbocycles. The molecule has 2 aromatic rings. The molecule has 0 saturated heterocycles. The number of hydrogen-bond acceptors (Lipinski definition) is 4. The Morgan fingerprint density at radius 1 is 1.24 bits per heavy atom. The van der Waals surface area contributed by atoms with Gasteiger partial charge >= 0.3 is 0 Å². The number of benzene rings is 1. The highest BCUT2D eigenvalue weighted by molar-refractivity contribution is 7.15. The van der Waals surface area contributed by atoms with Crippen LogP contribution in [-0.2, 0) is 0 Å². The first-order valence-electron chi connectivity index (χ1n) is 5.53. The minimum atomic E-state index is 0.780. The molecule has 3 nitrogen and oxygen atoms in total. The summed E-state index contributed by atoms with van der Waals surface area (Å²) in [5, 5.41) is 1.01. The monoisotopic (exact) mass is 247 g/mol. The van der Waals surface area contributed by atoms with E-state index in [1.54, 1.807) is 11.3 Å². The van der Waals surface area contributed by atoms with Gasteiger partial charge in [0.1, 0.15) is 0 Å². The van der Waals surface area contributed by atoms with E-state index >= 15 is 0 Å².